The van der Waals surface area contributed by atoms with Crippen LogP contribution in [-0.4, -0.2) is 26.2 Å². The Morgan fingerprint density at radius 1 is 1.14 bits per heavy atom. The summed E-state index contributed by atoms with van der Waals surface area (Å²) >= 11 is 1.67. The van der Waals surface area contributed by atoms with Crippen LogP contribution in [0.15, 0.2) is 47.8 Å². The lowest BCUT2D eigenvalue weighted by Gasteiger charge is -2.38. The molecule has 1 fully saturated rings. The summed E-state index contributed by atoms with van der Waals surface area (Å²) in [6, 6.07) is 13.9. The first-order valence-corrected chi connectivity index (χ1v) is 8.07. The highest BCUT2D eigenvalue weighted by Gasteiger charge is 2.44. The van der Waals surface area contributed by atoms with Crippen molar-refractivity contribution in [1.82, 2.24) is 0 Å². The summed E-state index contributed by atoms with van der Waals surface area (Å²) in [6.07, 6.45) is 1.51. The molecule has 4 heteroatoms. The number of thiophene rings is 1. The number of nitrogens with zero attached hydrogens (tertiary/aromatic N) is 1. The van der Waals surface area contributed by atoms with Gasteiger partial charge in [-0.15, -0.1) is 11.3 Å². The van der Waals surface area contributed by atoms with Gasteiger partial charge in [-0.1, -0.05) is 24.3 Å². The van der Waals surface area contributed by atoms with Gasteiger partial charge in [0.25, 0.3) is 0 Å². The average Bonchev–Trinajstić information content (AvgIpc) is 3.10. The van der Waals surface area contributed by atoms with Crippen LogP contribution in [0.3, 0.4) is 0 Å². The number of carbonyl (C=O) groups excluding carboxylic acids is 1. The molecule has 0 bridgehead atoms. The van der Waals surface area contributed by atoms with Gasteiger partial charge in [0, 0.05) is 30.8 Å². The molecule has 0 unspecified atom stereocenters. The Morgan fingerprint density at radius 3 is 2.48 bits per heavy atom. The SMILES string of the molecule is CN(C(=O)C1(c2cccs2)CCOCC1)c1ccccc1. The second-order valence-corrected chi connectivity index (χ2v) is 6.32. The highest BCUT2D eigenvalue weighted by atomic mass is 32.1. The number of likely N-dealkylation sites (N-methyl/N-ethyl adjacent to an activating group) is 1. The van der Waals surface area contributed by atoms with Crippen LogP contribution in [0.4, 0.5) is 5.69 Å². The lowest BCUT2D eigenvalue weighted by molar-refractivity contribution is -0.127. The van der Waals surface area contributed by atoms with Gasteiger partial charge in [0.1, 0.15) is 0 Å². The Bertz CT molecular complexity index is 589. The summed E-state index contributed by atoms with van der Waals surface area (Å²) in [7, 11) is 1.86. The summed E-state index contributed by atoms with van der Waals surface area (Å²) in [5, 5.41) is 2.04. The normalized spacial score (nSPS) is 17.4. The predicted octanol–water partition coefficient (Wildman–Crippen LogP) is 3.46. The van der Waals surface area contributed by atoms with Gasteiger partial charge in [-0.25, -0.2) is 0 Å². The third kappa shape index (κ3) is 2.61. The van der Waals surface area contributed by atoms with Crippen LogP contribution in [0, 0.1) is 0 Å². The second-order valence-electron chi connectivity index (χ2n) is 5.37. The molecule has 110 valence electrons. The lowest BCUT2D eigenvalue weighted by Crippen LogP contribution is -2.48. The van der Waals surface area contributed by atoms with Gasteiger partial charge in [-0.05, 0) is 36.4 Å². The standard InChI is InChI=1S/C17H19NO2S/c1-18(14-6-3-2-4-7-14)16(19)17(9-11-20-12-10-17)15-8-5-13-21-15/h2-8,13H,9-12H2,1H3. The van der Waals surface area contributed by atoms with Crippen molar-refractivity contribution in [3.8, 4) is 0 Å². The Morgan fingerprint density at radius 2 is 1.86 bits per heavy atom. The molecule has 1 amide bonds. The van der Waals surface area contributed by atoms with Gasteiger partial charge in [0.2, 0.25) is 5.91 Å². The van der Waals surface area contributed by atoms with E-state index < -0.39 is 5.41 Å². The van der Waals surface area contributed by atoms with Gasteiger partial charge in [-0.3, -0.25) is 4.79 Å². The van der Waals surface area contributed by atoms with Crippen molar-refractivity contribution in [2.75, 3.05) is 25.2 Å². The van der Waals surface area contributed by atoms with Crippen molar-refractivity contribution in [3.05, 3.63) is 52.7 Å². The van der Waals surface area contributed by atoms with Crippen molar-refractivity contribution < 1.29 is 9.53 Å². The van der Waals surface area contributed by atoms with E-state index in [9.17, 15) is 4.79 Å². The zero-order chi connectivity index (χ0) is 14.7. The number of hydrogen-bond donors (Lipinski definition) is 0. The molecule has 1 saturated heterocycles. The molecular formula is C17H19NO2S. The van der Waals surface area contributed by atoms with E-state index in [1.54, 1.807) is 16.2 Å². The number of amides is 1. The summed E-state index contributed by atoms with van der Waals surface area (Å²) in [5.41, 5.74) is 0.502. The minimum Gasteiger partial charge on any atom is -0.381 e. The number of rotatable bonds is 3. The quantitative estimate of drug-likeness (QED) is 0.869. The number of para-hydroxylation sites is 1. The molecular weight excluding hydrogens is 282 g/mol. The molecule has 2 aromatic rings. The van der Waals surface area contributed by atoms with E-state index in [-0.39, 0.29) is 5.91 Å². The fraction of sp³-hybridized carbons (Fsp3) is 0.353. The van der Waals surface area contributed by atoms with E-state index in [2.05, 4.69) is 6.07 Å². The number of benzene rings is 1. The maximum absolute atomic E-state index is 13.2. The van der Waals surface area contributed by atoms with Gasteiger partial charge in [0.15, 0.2) is 0 Å². The van der Waals surface area contributed by atoms with E-state index in [4.69, 9.17) is 4.74 Å². The van der Waals surface area contributed by atoms with Crippen LogP contribution in [0.2, 0.25) is 0 Å². The minimum absolute atomic E-state index is 0.166. The molecule has 1 aromatic carbocycles. The maximum atomic E-state index is 13.2. The van der Waals surface area contributed by atoms with Crippen LogP contribution in [0.1, 0.15) is 17.7 Å². The molecule has 0 atom stereocenters. The highest BCUT2D eigenvalue weighted by molar-refractivity contribution is 7.10. The predicted molar refractivity (Wildman–Crippen MR) is 85.9 cm³/mol. The van der Waals surface area contributed by atoms with Crippen LogP contribution >= 0.6 is 11.3 Å². The van der Waals surface area contributed by atoms with E-state index in [1.165, 1.54) is 0 Å². The van der Waals surface area contributed by atoms with Gasteiger partial charge in [-0.2, -0.15) is 0 Å². The molecule has 1 aliphatic rings. The Hall–Kier alpha value is -1.65. The number of hydrogen-bond acceptors (Lipinski definition) is 3. The van der Waals surface area contributed by atoms with E-state index in [0.717, 1.165) is 23.4 Å². The average molecular weight is 301 g/mol. The fourth-order valence-corrected chi connectivity index (χ4v) is 3.90. The zero-order valence-corrected chi connectivity index (χ0v) is 12.9. The smallest absolute Gasteiger partial charge is 0.238 e. The topological polar surface area (TPSA) is 29.5 Å². The van der Waals surface area contributed by atoms with Crippen molar-refractivity contribution in [1.29, 1.82) is 0 Å². The van der Waals surface area contributed by atoms with E-state index in [0.29, 0.717) is 13.2 Å². The van der Waals surface area contributed by atoms with Crippen LogP contribution in [0.25, 0.3) is 0 Å². The van der Waals surface area contributed by atoms with E-state index >= 15 is 0 Å². The summed E-state index contributed by atoms with van der Waals surface area (Å²) < 4.78 is 5.49. The lowest BCUT2D eigenvalue weighted by atomic mass is 9.77. The molecule has 0 saturated carbocycles. The fourth-order valence-electron chi connectivity index (χ4n) is 2.93. The molecule has 3 rings (SSSR count). The molecule has 21 heavy (non-hydrogen) atoms. The molecule has 0 aliphatic carbocycles. The van der Waals surface area contributed by atoms with Gasteiger partial charge in [0.05, 0.1) is 5.41 Å². The van der Waals surface area contributed by atoms with Crippen LogP contribution in [0.5, 0.6) is 0 Å². The minimum atomic E-state index is -0.434. The van der Waals surface area contributed by atoms with Crippen LogP contribution in [-0.2, 0) is 14.9 Å². The number of carbonyl (C=O) groups is 1. The van der Waals surface area contributed by atoms with Gasteiger partial charge >= 0.3 is 0 Å². The maximum Gasteiger partial charge on any atom is 0.238 e. The van der Waals surface area contributed by atoms with Crippen molar-refractivity contribution in [3.63, 3.8) is 0 Å². The third-order valence-electron chi connectivity index (χ3n) is 4.20. The summed E-state index contributed by atoms with van der Waals surface area (Å²) in [4.78, 5) is 16.1. The zero-order valence-electron chi connectivity index (χ0n) is 12.1. The number of anilines is 1. The second kappa shape index (κ2) is 6.00. The molecule has 1 aromatic heterocycles. The molecule has 0 N–H and O–H groups in total. The van der Waals surface area contributed by atoms with Crippen molar-refractivity contribution in [2.45, 2.75) is 18.3 Å². The first-order chi connectivity index (χ1) is 10.2. The molecule has 2 heterocycles. The monoisotopic (exact) mass is 301 g/mol. The van der Waals surface area contributed by atoms with E-state index in [1.807, 2.05) is 48.8 Å². The molecule has 3 nitrogen and oxygen atoms in total. The van der Waals surface area contributed by atoms with Crippen LogP contribution < -0.4 is 4.90 Å². The van der Waals surface area contributed by atoms with Gasteiger partial charge < -0.3 is 9.64 Å². The number of ether oxygens (including phenoxy) is 1. The Kier molecular flexibility index (Phi) is 4.08. The Balaban J connectivity index is 1.95. The molecule has 0 radical (unpaired) electrons. The highest BCUT2D eigenvalue weighted by Crippen LogP contribution is 2.39. The first kappa shape index (κ1) is 14.3. The summed E-state index contributed by atoms with van der Waals surface area (Å²) in [5.74, 6) is 0.166. The molecule has 0 spiro atoms. The third-order valence-corrected chi connectivity index (χ3v) is 5.27. The van der Waals surface area contributed by atoms with Crippen molar-refractivity contribution >= 4 is 22.9 Å². The largest absolute Gasteiger partial charge is 0.381 e. The van der Waals surface area contributed by atoms with Crippen molar-refractivity contribution in [2.24, 2.45) is 0 Å². The summed E-state index contributed by atoms with van der Waals surface area (Å²) in [6.45, 7) is 1.29. The first-order valence-electron chi connectivity index (χ1n) is 7.19. The Labute approximate surface area is 129 Å². The molecule has 1 aliphatic heterocycles.